The second-order valence-electron chi connectivity index (χ2n) is 13.7. The van der Waals surface area contributed by atoms with Gasteiger partial charge in [0, 0.05) is 44.7 Å². The molecule has 7 heteroatoms. The van der Waals surface area contributed by atoms with Gasteiger partial charge in [-0.1, -0.05) is 105 Å². The second-order valence-corrected chi connectivity index (χ2v) is 13.7. The number of aryl methyl sites for hydroxylation is 1. The number of hydrogen-bond donors (Lipinski definition) is 3. The number of carbonyl (C=O) groups excluding carboxylic acids is 2. The molecule has 2 unspecified atom stereocenters. The third kappa shape index (κ3) is 9.40. The number of nitrogens with two attached hydrogens (primary N) is 2. The zero-order valence-corrected chi connectivity index (χ0v) is 28.2. The van der Waals surface area contributed by atoms with Crippen LogP contribution in [-0.4, -0.2) is 72.5 Å². The zero-order chi connectivity index (χ0) is 33.2. The maximum atomic E-state index is 14.1. The normalized spacial score (nSPS) is 17.5. The molecule has 2 amide bonds. The van der Waals surface area contributed by atoms with Crippen molar-refractivity contribution in [1.82, 2.24) is 15.1 Å². The van der Waals surface area contributed by atoms with E-state index in [-0.39, 0.29) is 23.9 Å². The summed E-state index contributed by atoms with van der Waals surface area (Å²) in [5, 5.41) is 8.11. The van der Waals surface area contributed by atoms with Crippen LogP contribution in [0, 0.1) is 5.92 Å². The molecule has 4 aromatic rings. The SMILES string of the molecule is CC(C)C[C@@H]1CN(C(=O)CCc2ccc3ccccc3c2)C(CCCCNCCN)CN1C(=O)C(N)Cc1ccc2ccccc2c1. The molecule has 0 saturated carbocycles. The number of unbranched alkanes of at least 4 members (excludes halogenated alkanes) is 1. The van der Waals surface area contributed by atoms with Crippen LogP contribution < -0.4 is 16.8 Å². The summed E-state index contributed by atoms with van der Waals surface area (Å²) < 4.78 is 0. The third-order valence-corrected chi connectivity index (χ3v) is 9.53. The molecule has 1 aliphatic heterocycles. The van der Waals surface area contributed by atoms with Crippen LogP contribution in [0.5, 0.6) is 0 Å². The Morgan fingerprint density at radius 2 is 1.40 bits per heavy atom. The molecule has 1 heterocycles. The van der Waals surface area contributed by atoms with Crippen LogP contribution >= 0.6 is 0 Å². The second kappa shape index (κ2) is 16.9. The molecular formula is C40H53N5O2. The standard InChI is InChI=1S/C40H53N5O2/c1-29(2)23-37-28-44(39(46)19-16-30-14-17-32-9-3-5-11-34(32)24-30)36(13-7-8-21-43-22-20-41)27-45(37)40(47)38(42)26-31-15-18-33-10-4-6-12-35(33)25-31/h3-6,9-12,14-15,17-18,24-25,29,36-38,43H,7-8,13,16,19-23,26-28,41-42H2,1-2H3/t36?,37-,38?/m1/s1. The average Bonchev–Trinajstić information content (AvgIpc) is 3.08. The number of hydrogen-bond acceptors (Lipinski definition) is 5. The Kier molecular flexibility index (Phi) is 12.4. The molecule has 0 bridgehead atoms. The van der Waals surface area contributed by atoms with Gasteiger partial charge in [0.15, 0.2) is 0 Å². The van der Waals surface area contributed by atoms with Gasteiger partial charge in [0.05, 0.1) is 6.04 Å². The van der Waals surface area contributed by atoms with E-state index in [1.54, 1.807) is 0 Å². The molecule has 1 saturated heterocycles. The lowest BCUT2D eigenvalue weighted by Crippen LogP contribution is -2.63. The molecule has 0 aliphatic carbocycles. The van der Waals surface area contributed by atoms with Gasteiger partial charge < -0.3 is 26.6 Å². The first kappa shape index (κ1) is 34.6. The quantitative estimate of drug-likeness (QED) is 0.146. The Bertz CT molecular complexity index is 1620. The summed E-state index contributed by atoms with van der Waals surface area (Å²) in [5.74, 6) is 0.541. The molecule has 1 fully saturated rings. The van der Waals surface area contributed by atoms with E-state index < -0.39 is 6.04 Å². The summed E-state index contributed by atoms with van der Waals surface area (Å²) in [6.07, 6.45) is 5.29. The van der Waals surface area contributed by atoms with Crippen molar-refractivity contribution in [3.05, 3.63) is 96.1 Å². The molecular weight excluding hydrogens is 582 g/mol. The van der Waals surface area contributed by atoms with Crippen LogP contribution in [0.2, 0.25) is 0 Å². The minimum atomic E-state index is -0.637. The molecule has 250 valence electrons. The fourth-order valence-electron chi connectivity index (χ4n) is 7.08. The highest BCUT2D eigenvalue weighted by atomic mass is 16.2. The number of nitrogens with one attached hydrogen (secondary N) is 1. The van der Waals surface area contributed by atoms with Crippen molar-refractivity contribution in [2.24, 2.45) is 17.4 Å². The Morgan fingerprint density at radius 1 is 0.787 bits per heavy atom. The van der Waals surface area contributed by atoms with E-state index in [9.17, 15) is 9.59 Å². The van der Waals surface area contributed by atoms with Gasteiger partial charge in [0.2, 0.25) is 11.8 Å². The van der Waals surface area contributed by atoms with Crippen LogP contribution in [0.4, 0.5) is 0 Å². The Balaban J connectivity index is 1.30. The molecule has 47 heavy (non-hydrogen) atoms. The summed E-state index contributed by atoms with van der Waals surface area (Å²) in [5.41, 5.74) is 14.6. The van der Waals surface area contributed by atoms with Gasteiger partial charge in [-0.3, -0.25) is 9.59 Å². The highest BCUT2D eigenvalue weighted by Crippen LogP contribution is 2.27. The molecule has 0 radical (unpaired) electrons. The predicted octanol–water partition coefficient (Wildman–Crippen LogP) is 5.67. The van der Waals surface area contributed by atoms with E-state index in [0.717, 1.165) is 49.7 Å². The van der Waals surface area contributed by atoms with Gasteiger partial charge in [-0.25, -0.2) is 0 Å². The van der Waals surface area contributed by atoms with Gasteiger partial charge in [0.1, 0.15) is 0 Å². The van der Waals surface area contributed by atoms with Crippen molar-refractivity contribution in [3.8, 4) is 0 Å². The highest BCUT2D eigenvalue weighted by Gasteiger charge is 2.39. The van der Waals surface area contributed by atoms with E-state index in [1.165, 1.54) is 21.7 Å². The van der Waals surface area contributed by atoms with Gasteiger partial charge in [0.25, 0.3) is 0 Å². The van der Waals surface area contributed by atoms with Crippen LogP contribution in [0.1, 0.15) is 57.1 Å². The van der Waals surface area contributed by atoms with Gasteiger partial charge in [-0.2, -0.15) is 0 Å². The average molecular weight is 636 g/mol. The first-order chi connectivity index (χ1) is 22.8. The van der Waals surface area contributed by atoms with Crippen molar-refractivity contribution in [2.45, 2.75) is 76.9 Å². The molecule has 3 atom stereocenters. The van der Waals surface area contributed by atoms with Crippen molar-refractivity contribution >= 4 is 33.4 Å². The first-order valence-electron chi connectivity index (χ1n) is 17.5. The fraction of sp³-hybridized carbons (Fsp3) is 0.450. The lowest BCUT2D eigenvalue weighted by Gasteiger charge is -2.48. The first-order valence-corrected chi connectivity index (χ1v) is 17.5. The predicted molar refractivity (Wildman–Crippen MR) is 194 cm³/mol. The maximum Gasteiger partial charge on any atom is 0.240 e. The van der Waals surface area contributed by atoms with Crippen molar-refractivity contribution in [1.29, 1.82) is 0 Å². The van der Waals surface area contributed by atoms with Crippen LogP contribution in [0.15, 0.2) is 84.9 Å². The minimum absolute atomic E-state index is 0.0123. The maximum absolute atomic E-state index is 14.1. The number of piperazine rings is 1. The number of amides is 2. The smallest absolute Gasteiger partial charge is 0.240 e. The van der Waals surface area contributed by atoms with Crippen LogP contribution in [0.25, 0.3) is 21.5 Å². The van der Waals surface area contributed by atoms with Crippen LogP contribution in [0.3, 0.4) is 0 Å². The third-order valence-electron chi connectivity index (χ3n) is 9.53. The number of fused-ring (bicyclic) bond motifs is 2. The molecule has 0 aromatic heterocycles. The summed E-state index contributed by atoms with van der Waals surface area (Å²) in [7, 11) is 0. The summed E-state index contributed by atoms with van der Waals surface area (Å²) in [6, 6.07) is 28.7. The summed E-state index contributed by atoms with van der Waals surface area (Å²) >= 11 is 0. The highest BCUT2D eigenvalue weighted by molar-refractivity contribution is 5.86. The minimum Gasteiger partial charge on any atom is -0.336 e. The lowest BCUT2D eigenvalue weighted by molar-refractivity contribution is -0.148. The lowest BCUT2D eigenvalue weighted by atomic mass is 9.93. The molecule has 1 aliphatic rings. The molecule has 5 rings (SSSR count). The van der Waals surface area contributed by atoms with E-state index in [1.807, 2.05) is 23.1 Å². The van der Waals surface area contributed by atoms with Crippen molar-refractivity contribution in [2.75, 3.05) is 32.7 Å². The number of benzene rings is 4. The van der Waals surface area contributed by atoms with Crippen LogP contribution in [-0.2, 0) is 22.4 Å². The molecule has 4 aromatic carbocycles. The van der Waals surface area contributed by atoms with Gasteiger partial charge in [-0.15, -0.1) is 0 Å². The molecule has 5 N–H and O–H groups in total. The number of carbonyl (C=O) groups is 2. The van der Waals surface area contributed by atoms with E-state index >= 15 is 0 Å². The van der Waals surface area contributed by atoms with Crippen molar-refractivity contribution < 1.29 is 9.59 Å². The van der Waals surface area contributed by atoms with E-state index in [0.29, 0.717) is 44.8 Å². The van der Waals surface area contributed by atoms with E-state index in [4.69, 9.17) is 11.5 Å². The van der Waals surface area contributed by atoms with Crippen molar-refractivity contribution in [3.63, 3.8) is 0 Å². The summed E-state index contributed by atoms with van der Waals surface area (Å²) in [4.78, 5) is 32.2. The largest absolute Gasteiger partial charge is 0.336 e. The van der Waals surface area contributed by atoms with Gasteiger partial charge in [-0.05, 0) is 77.2 Å². The Labute approximate surface area is 280 Å². The number of rotatable bonds is 15. The van der Waals surface area contributed by atoms with Gasteiger partial charge >= 0.3 is 0 Å². The van der Waals surface area contributed by atoms with E-state index in [2.05, 4.69) is 90.8 Å². The summed E-state index contributed by atoms with van der Waals surface area (Å²) in [6.45, 7) is 7.77. The molecule has 7 nitrogen and oxygen atoms in total. The Morgan fingerprint density at radius 3 is 2.06 bits per heavy atom. The fourth-order valence-corrected chi connectivity index (χ4v) is 7.08. The topological polar surface area (TPSA) is 105 Å². The molecule has 0 spiro atoms. The monoisotopic (exact) mass is 635 g/mol. The Hall–Kier alpha value is -3.78. The number of nitrogens with zero attached hydrogens (tertiary/aromatic N) is 2. The zero-order valence-electron chi connectivity index (χ0n) is 28.2.